The maximum absolute atomic E-state index is 10.3. The minimum Gasteiger partial charge on any atom is -0.388 e. The molecule has 2 rings (SSSR count). The van der Waals surface area contributed by atoms with Crippen LogP contribution in [0.2, 0.25) is 0 Å². The second kappa shape index (κ2) is 11.3. The van der Waals surface area contributed by atoms with Gasteiger partial charge in [0.05, 0.1) is 11.8 Å². The Bertz CT molecular complexity index is 568. The molecule has 0 bridgehead atoms. The maximum Gasteiger partial charge on any atom is 0.0790 e. The second-order valence-corrected chi connectivity index (χ2v) is 7.47. The molecule has 0 saturated carbocycles. The number of rotatable bonds is 12. The Morgan fingerprint density at radius 1 is 1.08 bits per heavy atom. The molecular weight excluding hydrogens is 328 g/mol. The van der Waals surface area contributed by atoms with Crippen molar-refractivity contribution in [1.29, 1.82) is 0 Å². The minimum absolute atomic E-state index is 0.338. The molecule has 0 aliphatic heterocycles. The molecule has 1 heterocycles. The zero-order valence-corrected chi connectivity index (χ0v) is 16.4. The van der Waals surface area contributed by atoms with Gasteiger partial charge in [0.15, 0.2) is 0 Å². The average Bonchev–Trinajstić information content (AvgIpc) is 3.16. The quantitative estimate of drug-likeness (QED) is 0.397. The Kier molecular flexibility index (Phi) is 9.02. The van der Waals surface area contributed by atoms with Gasteiger partial charge < -0.3 is 10.1 Å². The zero-order valence-electron chi connectivity index (χ0n) is 15.6. The van der Waals surface area contributed by atoms with Gasteiger partial charge in [0.1, 0.15) is 0 Å². The Morgan fingerprint density at radius 2 is 1.88 bits per heavy atom. The van der Waals surface area contributed by atoms with Gasteiger partial charge >= 0.3 is 0 Å². The van der Waals surface area contributed by atoms with Crippen LogP contribution in [0, 0.1) is 0 Å². The van der Waals surface area contributed by atoms with E-state index in [1.807, 2.05) is 11.3 Å². The number of hydrazine groups is 1. The summed E-state index contributed by atoms with van der Waals surface area (Å²) in [6.07, 6.45) is 6.24. The summed E-state index contributed by atoms with van der Waals surface area (Å²) in [6, 6.07) is 12.6. The number of anilines is 1. The van der Waals surface area contributed by atoms with E-state index in [2.05, 4.69) is 66.1 Å². The van der Waals surface area contributed by atoms with Crippen LogP contribution in [-0.2, 0) is 6.42 Å². The largest absolute Gasteiger partial charge is 0.388 e. The number of aliphatic hydroxyl groups is 1. The van der Waals surface area contributed by atoms with Crippen LogP contribution in [0.4, 0.5) is 5.69 Å². The van der Waals surface area contributed by atoms with Crippen molar-refractivity contribution in [3.8, 4) is 0 Å². The standard InChI is InChI=1S/C21H32N2OS/c1-3-5-6-11-21(24)18-12-14-19(15-13-18)23(4-2)22-16-7-9-20-10-8-17-25-20/h8,10,12-15,17,21-22,24H,3-7,9,11,16H2,1-2H3. The summed E-state index contributed by atoms with van der Waals surface area (Å²) >= 11 is 1.83. The van der Waals surface area contributed by atoms with E-state index in [4.69, 9.17) is 0 Å². The predicted octanol–water partition coefficient (Wildman–Crippen LogP) is 5.33. The van der Waals surface area contributed by atoms with Gasteiger partial charge in [0.25, 0.3) is 0 Å². The summed E-state index contributed by atoms with van der Waals surface area (Å²) in [6.45, 7) is 6.22. The normalized spacial score (nSPS) is 12.3. The number of aryl methyl sites for hydroxylation is 1. The van der Waals surface area contributed by atoms with E-state index in [0.717, 1.165) is 50.0 Å². The van der Waals surface area contributed by atoms with Crippen molar-refractivity contribution in [2.45, 2.75) is 58.5 Å². The zero-order chi connectivity index (χ0) is 17.9. The minimum atomic E-state index is -0.338. The van der Waals surface area contributed by atoms with E-state index in [9.17, 15) is 5.11 Å². The third-order valence-corrected chi connectivity index (χ3v) is 5.41. The smallest absolute Gasteiger partial charge is 0.0790 e. The SMILES string of the molecule is CCCCCC(O)c1ccc(N(CC)NCCCc2cccs2)cc1. The molecule has 1 aromatic carbocycles. The summed E-state index contributed by atoms with van der Waals surface area (Å²) in [5, 5.41) is 14.6. The fourth-order valence-electron chi connectivity index (χ4n) is 2.95. The molecular formula is C21H32N2OS. The summed E-state index contributed by atoms with van der Waals surface area (Å²) in [7, 11) is 0. The predicted molar refractivity (Wildman–Crippen MR) is 109 cm³/mol. The van der Waals surface area contributed by atoms with E-state index in [-0.39, 0.29) is 6.10 Å². The molecule has 0 saturated heterocycles. The lowest BCUT2D eigenvalue weighted by Crippen LogP contribution is -2.38. The fraction of sp³-hybridized carbons (Fsp3) is 0.524. The van der Waals surface area contributed by atoms with Crippen LogP contribution in [0.1, 0.15) is 62.5 Å². The topological polar surface area (TPSA) is 35.5 Å². The first-order chi connectivity index (χ1) is 12.2. The van der Waals surface area contributed by atoms with Gasteiger partial charge in [-0.05, 0) is 55.3 Å². The molecule has 2 aromatic rings. The highest BCUT2D eigenvalue weighted by atomic mass is 32.1. The van der Waals surface area contributed by atoms with Gasteiger partial charge in [0, 0.05) is 18.0 Å². The van der Waals surface area contributed by atoms with Crippen LogP contribution < -0.4 is 10.4 Å². The number of benzene rings is 1. The van der Waals surface area contributed by atoms with E-state index >= 15 is 0 Å². The van der Waals surface area contributed by atoms with Gasteiger partial charge in [-0.2, -0.15) is 0 Å². The van der Waals surface area contributed by atoms with Crippen molar-refractivity contribution in [3.63, 3.8) is 0 Å². The van der Waals surface area contributed by atoms with Crippen molar-refractivity contribution in [2.24, 2.45) is 0 Å². The fourth-order valence-corrected chi connectivity index (χ4v) is 3.70. The van der Waals surface area contributed by atoms with Crippen molar-refractivity contribution in [2.75, 3.05) is 18.1 Å². The molecule has 1 unspecified atom stereocenters. The third kappa shape index (κ3) is 6.81. The Balaban J connectivity index is 1.79. The van der Waals surface area contributed by atoms with Crippen LogP contribution in [0.25, 0.3) is 0 Å². The summed E-state index contributed by atoms with van der Waals surface area (Å²) in [5.41, 5.74) is 5.69. The molecule has 1 aromatic heterocycles. The highest BCUT2D eigenvalue weighted by Crippen LogP contribution is 2.22. The molecule has 4 heteroatoms. The molecule has 0 aliphatic carbocycles. The molecule has 25 heavy (non-hydrogen) atoms. The molecule has 0 radical (unpaired) electrons. The number of unbranched alkanes of at least 4 members (excludes halogenated alkanes) is 2. The monoisotopic (exact) mass is 360 g/mol. The van der Waals surface area contributed by atoms with Crippen LogP contribution in [0.3, 0.4) is 0 Å². The summed E-state index contributed by atoms with van der Waals surface area (Å²) < 4.78 is 0. The number of aliphatic hydroxyl groups excluding tert-OH is 1. The molecule has 2 N–H and O–H groups in total. The van der Waals surface area contributed by atoms with Crippen LogP contribution in [-0.4, -0.2) is 18.2 Å². The van der Waals surface area contributed by atoms with Crippen molar-refractivity contribution in [3.05, 3.63) is 52.2 Å². The molecule has 0 aliphatic rings. The van der Waals surface area contributed by atoms with E-state index < -0.39 is 0 Å². The van der Waals surface area contributed by atoms with Crippen molar-refractivity contribution >= 4 is 17.0 Å². The van der Waals surface area contributed by atoms with E-state index in [1.165, 1.54) is 17.7 Å². The van der Waals surface area contributed by atoms with Gasteiger partial charge in [-0.15, -0.1) is 11.3 Å². The van der Waals surface area contributed by atoms with Crippen molar-refractivity contribution < 1.29 is 5.11 Å². The first kappa shape index (κ1) is 20.0. The Hall–Kier alpha value is -1.36. The first-order valence-electron chi connectivity index (χ1n) is 9.56. The Morgan fingerprint density at radius 3 is 2.52 bits per heavy atom. The summed E-state index contributed by atoms with van der Waals surface area (Å²) in [5.74, 6) is 0. The first-order valence-corrected chi connectivity index (χ1v) is 10.4. The third-order valence-electron chi connectivity index (χ3n) is 4.47. The number of hydrogen-bond acceptors (Lipinski definition) is 4. The van der Waals surface area contributed by atoms with Gasteiger partial charge in [-0.25, -0.2) is 5.43 Å². The number of thiophene rings is 1. The molecule has 0 amide bonds. The molecule has 3 nitrogen and oxygen atoms in total. The Labute approximate surface area is 156 Å². The van der Waals surface area contributed by atoms with Gasteiger partial charge in [-0.1, -0.05) is 44.4 Å². The van der Waals surface area contributed by atoms with E-state index in [0.29, 0.717) is 0 Å². The highest BCUT2D eigenvalue weighted by molar-refractivity contribution is 7.09. The highest BCUT2D eigenvalue weighted by Gasteiger charge is 2.09. The summed E-state index contributed by atoms with van der Waals surface area (Å²) in [4.78, 5) is 1.45. The van der Waals surface area contributed by atoms with Crippen molar-refractivity contribution in [1.82, 2.24) is 5.43 Å². The number of nitrogens with one attached hydrogen (secondary N) is 1. The van der Waals surface area contributed by atoms with Gasteiger partial charge in [0.2, 0.25) is 0 Å². The average molecular weight is 361 g/mol. The van der Waals surface area contributed by atoms with E-state index in [1.54, 1.807) is 0 Å². The van der Waals surface area contributed by atoms with Gasteiger partial charge in [-0.3, -0.25) is 0 Å². The lowest BCUT2D eigenvalue weighted by Gasteiger charge is -2.24. The lowest BCUT2D eigenvalue weighted by atomic mass is 10.0. The molecule has 1 atom stereocenters. The number of hydrogen-bond donors (Lipinski definition) is 2. The number of nitrogens with zero attached hydrogens (tertiary/aromatic N) is 1. The second-order valence-electron chi connectivity index (χ2n) is 6.44. The van der Waals surface area contributed by atoms with Crippen LogP contribution in [0.5, 0.6) is 0 Å². The van der Waals surface area contributed by atoms with Crippen LogP contribution in [0.15, 0.2) is 41.8 Å². The maximum atomic E-state index is 10.3. The lowest BCUT2D eigenvalue weighted by molar-refractivity contribution is 0.163. The van der Waals surface area contributed by atoms with Crippen LogP contribution >= 0.6 is 11.3 Å². The molecule has 0 fully saturated rings. The molecule has 138 valence electrons. The molecule has 0 spiro atoms.